The van der Waals surface area contributed by atoms with Crippen molar-refractivity contribution < 1.29 is 9.53 Å². The van der Waals surface area contributed by atoms with Crippen LogP contribution in [-0.4, -0.2) is 13.1 Å². The molecule has 0 aromatic heterocycles. The number of methoxy groups -OCH3 is 1. The van der Waals surface area contributed by atoms with Crippen LogP contribution in [0.2, 0.25) is 0 Å². The van der Waals surface area contributed by atoms with E-state index in [2.05, 4.69) is 36.4 Å². The summed E-state index contributed by atoms with van der Waals surface area (Å²) >= 11 is 0. The molecule has 2 atom stereocenters. The second-order valence-electron chi connectivity index (χ2n) is 4.88. The second-order valence-corrected chi connectivity index (χ2v) is 4.88. The highest BCUT2D eigenvalue weighted by Crippen LogP contribution is 2.45. The van der Waals surface area contributed by atoms with Crippen LogP contribution in [0, 0.1) is 5.92 Å². The third-order valence-corrected chi connectivity index (χ3v) is 4.00. The minimum absolute atomic E-state index is 0.0424. The van der Waals surface area contributed by atoms with Crippen molar-refractivity contribution in [3.8, 4) is 0 Å². The van der Waals surface area contributed by atoms with Crippen molar-refractivity contribution in [1.29, 1.82) is 0 Å². The minimum atomic E-state index is -0.0702. The molecule has 1 saturated carbocycles. The first-order valence-electron chi connectivity index (χ1n) is 6.37. The van der Waals surface area contributed by atoms with Gasteiger partial charge in [-0.15, -0.1) is 0 Å². The molecule has 2 nitrogen and oxygen atoms in total. The number of esters is 1. The fraction of sp³-hybridized carbons (Fsp3) is 0.312. The van der Waals surface area contributed by atoms with Crippen LogP contribution in [-0.2, 0) is 9.53 Å². The van der Waals surface area contributed by atoms with Gasteiger partial charge in [0, 0.05) is 0 Å². The molecule has 3 rings (SSSR count). The van der Waals surface area contributed by atoms with Crippen LogP contribution < -0.4 is 0 Å². The molecule has 1 aliphatic carbocycles. The van der Waals surface area contributed by atoms with E-state index in [9.17, 15) is 4.79 Å². The Morgan fingerprint density at radius 3 is 2.61 bits per heavy atom. The standard InChI is InChI=1S/C16H16O2/c1-18-16(17)15-10-9-14(15)13-8-4-6-11-5-2-3-7-12(11)13/h2-8,14-15H,9-10H2,1H3. The number of hydrogen-bond donors (Lipinski definition) is 0. The molecule has 2 aromatic carbocycles. The van der Waals surface area contributed by atoms with Crippen LogP contribution >= 0.6 is 0 Å². The van der Waals surface area contributed by atoms with Crippen molar-refractivity contribution in [1.82, 2.24) is 0 Å². The highest BCUT2D eigenvalue weighted by molar-refractivity contribution is 5.87. The molecule has 0 bridgehead atoms. The molecular formula is C16H16O2. The largest absolute Gasteiger partial charge is 0.469 e. The lowest BCUT2D eigenvalue weighted by atomic mass is 9.69. The zero-order valence-corrected chi connectivity index (χ0v) is 10.4. The molecule has 0 N–H and O–H groups in total. The third-order valence-electron chi connectivity index (χ3n) is 4.00. The van der Waals surface area contributed by atoms with Crippen molar-refractivity contribution in [3.05, 3.63) is 48.0 Å². The topological polar surface area (TPSA) is 26.3 Å². The second kappa shape index (κ2) is 4.45. The lowest BCUT2D eigenvalue weighted by Gasteiger charge is -2.35. The van der Waals surface area contributed by atoms with Gasteiger partial charge in [0.25, 0.3) is 0 Å². The third kappa shape index (κ3) is 1.69. The molecule has 1 aliphatic rings. The highest BCUT2D eigenvalue weighted by Gasteiger charge is 2.38. The first-order chi connectivity index (χ1) is 8.81. The molecule has 0 spiro atoms. The van der Waals surface area contributed by atoms with Gasteiger partial charge in [-0.2, -0.15) is 0 Å². The van der Waals surface area contributed by atoms with Gasteiger partial charge in [-0.25, -0.2) is 0 Å². The molecular weight excluding hydrogens is 224 g/mol. The molecule has 0 amide bonds. The lowest BCUT2D eigenvalue weighted by Crippen LogP contribution is -2.32. The van der Waals surface area contributed by atoms with Crippen molar-refractivity contribution in [3.63, 3.8) is 0 Å². The maximum Gasteiger partial charge on any atom is 0.309 e. The highest BCUT2D eigenvalue weighted by atomic mass is 16.5. The van der Waals surface area contributed by atoms with Gasteiger partial charge in [-0.1, -0.05) is 42.5 Å². The molecule has 0 radical (unpaired) electrons. The minimum Gasteiger partial charge on any atom is -0.469 e. The van der Waals surface area contributed by atoms with Gasteiger partial charge in [0.05, 0.1) is 13.0 Å². The quantitative estimate of drug-likeness (QED) is 0.751. The van der Waals surface area contributed by atoms with E-state index in [1.165, 1.54) is 23.4 Å². The van der Waals surface area contributed by atoms with Gasteiger partial charge in [0.2, 0.25) is 0 Å². The predicted octanol–water partition coefficient (Wildman–Crippen LogP) is 3.51. The lowest BCUT2D eigenvalue weighted by molar-refractivity contribution is -0.149. The number of hydrogen-bond acceptors (Lipinski definition) is 2. The summed E-state index contributed by atoms with van der Waals surface area (Å²) in [6, 6.07) is 14.7. The first-order valence-corrected chi connectivity index (χ1v) is 6.37. The summed E-state index contributed by atoms with van der Waals surface area (Å²) in [6.45, 7) is 0. The maximum absolute atomic E-state index is 11.7. The van der Waals surface area contributed by atoms with Gasteiger partial charge >= 0.3 is 5.97 Å². The molecule has 2 heteroatoms. The van der Waals surface area contributed by atoms with E-state index in [4.69, 9.17) is 4.74 Å². The van der Waals surface area contributed by atoms with Gasteiger partial charge in [0.15, 0.2) is 0 Å². The van der Waals surface area contributed by atoms with Crippen molar-refractivity contribution >= 4 is 16.7 Å². The Kier molecular flexibility index (Phi) is 2.78. The van der Waals surface area contributed by atoms with Crippen LogP contribution in [0.5, 0.6) is 0 Å². The molecule has 1 fully saturated rings. The first kappa shape index (κ1) is 11.3. The smallest absolute Gasteiger partial charge is 0.309 e. The van der Waals surface area contributed by atoms with Crippen molar-refractivity contribution in [2.24, 2.45) is 5.92 Å². The van der Waals surface area contributed by atoms with Gasteiger partial charge in [0.1, 0.15) is 0 Å². The van der Waals surface area contributed by atoms with E-state index in [1.54, 1.807) is 0 Å². The van der Waals surface area contributed by atoms with Crippen molar-refractivity contribution in [2.45, 2.75) is 18.8 Å². The average Bonchev–Trinajstić information content (AvgIpc) is 2.38. The number of benzene rings is 2. The maximum atomic E-state index is 11.7. The van der Waals surface area contributed by atoms with Gasteiger partial charge in [-0.3, -0.25) is 4.79 Å². The number of rotatable bonds is 2. The fourth-order valence-corrected chi connectivity index (χ4v) is 2.88. The van der Waals surface area contributed by atoms with E-state index >= 15 is 0 Å². The Balaban J connectivity index is 2.02. The van der Waals surface area contributed by atoms with Crippen LogP contribution in [0.15, 0.2) is 42.5 Å². The summed E-state index contributed by atoms with van der Waals surface area (Å²) in [4.78, 5) is 11.7. The summed E-state index contributed by atoms with van der Waals surface area (Å²) in [6.07, 6.45) is 2.02. The number of carbonyl (C=O) groups excluding carboxylic acids is 1. The van der Waals surface area contributed by atoms with Gasteiger partial charge in [-0.05, 0) is 35.1 Å². The molecule has 92 valence electrons. The van der Waals surface area contributed by atoms with E-state index in [1.807, 2.05) is 6.07 Å². The molecule has 18 heavy (non-hydrogen) atoms. The molecule has 2 aromatic rings. The van der Waals surface area contributed by atoms with E-state index in [0.717, 1.165) is 12.8 Å². The summed E-state index contributed by atoms with van der Waals surface area (Å²) in [7, 11) is 1.47. The monoisotopic (exact) mass is 240 g/mol. The Hall–Kier alpha value is -1.83. The molecule has 2 unspecified atom stereocenters. The normalized spacial score (nSPS) is 22.5. The van der Waals surface area contributed by atoms with Gasteiger partial charge < -0.3 is 4.74 Å². The van der Waals surface area contributed by atoms with E-state index in [0.29, 0.717) is 5.92 Å². The number of carbonyl (C=O) groups is 1. The Bertz CT molecular complexity index is 583. The van der Waals surface area contributed by atoms with Crippen LogP contribution in [0.4, 0.5) is 0 Å². The predicted molar refractivity (Wildman–Crippen MR) is 71.4 cm³/mol. The summed E-state index contributed by atoms with van der Waals surface area (Å²) in [5.41, 5.74) is 1.29. The summed E-state index contributed by atoms with van der Waals surface area (Å²) in [5, 5.41) is 2.50. The molecule has 0 heterocycles. The van der Waals surface area contributed by atoms with Crippen LogP contribution in [0.3, 0.4) is 0 Å². The van der Waals surface area contributed by atoms with E-state index in [-0.39, 0.29) is 11.9 Å². The Labute approximate surface area is 107 Å². The SMILES string of the molecule is COC(=O)C1CCC1c1cccc2ccccc12. The number of fused-ring (bicyclic) bond motifs is 1. The van der Waals surface area contributed by atoms with E-state index < -0.39 is 0 Å². The Morgan fingerprint density at radius 2 is 1.89 bits per heavy atom. The average molecular weight is 240 g/mol. The van der Waals surface area contributed by atoms with Crippen LogP contribution in [0.1, 0.15) is 24.3 Å². The van der Waals surface area contributed by atoms with Crippen molar-refractivity contribution in [2.75, 3.05) is 7.11 Å². The summed E-state index contributed by atoms with van der Waals surface area (Å²) in [5.74, 6) is 0.295. The molecule has 0 aliphatic heterocycles. The fourth-order valence-electron chi connectivity index (χ4n) is 2.88. The number of ether oxygens (including phenoxy) is 1. The molecule has 0 saturated heterocycles. The summed E-state index contributed by atoms with van der Waals surface area (Å²) < 4.78 is 4.88. The zero-order valence-electron chi connectivity index (χ0n) is 10.4. The van der Waals surface area contributed by atoms with Crippen LogP contribution in [0.25, 0.3) is 10.8 Å². The zero-order chi connectivity index (χ0) is 12.5. The Morgan fingerprint density at radius 1 is 1.11 bits per heavy atom.